The molecule has 0 radical (unpaired) electrons. The highest BCUT2D eigenvalue weighted by Gasteiger charge is 2.68. The predicted molar refractivity (Wildman–Crippen MR) is 78.4 cm³/mol. The van der Waals surface area contributed by atoms with E-state index in [1.165, 1.54) is 6.92 Å². The van der Waals surface area contributed by atoms with Gasteiger partial charge in [0.15, 0.2) is 23.3 Å². The first-order valence-corrected chi connectivity index (χ1v) is 7.08. The summed E-state index contributed by atoms with van der Waals surface area (Å²) in [5.74, 6) is -0.170. The second-order valence-corrected chi connectivity index (χ2v) is 7.87. The van der Waals surface area contributed by atoms with Crippen LogP contribution in [0.5, 0.6) is 0 Å². The van der Waals surface area contributed by atoms with Crippen molar-refractivity contribution in [1.29, 1.82) is 0 Å². The lowest BCUT2D eigenvalue weighted by Gasteiger charge is -2.33. The number of Topliss-reactive ketones (excluding diaryl/α,β-unsaturated/α-hetero) is 1. The van der Waals surface area contributed by atoms with E-state index < -0.39 is 11.7 Å². The van der Waals surface area contributed by atoms with Gasteiger partial charge in [-0.3, -0.25) is 9.59 Å². The maximum atomic E-state index is 12.6. The van der Waals surface area contributed by atoms with Crippen LogP contribution >= 0.6 is 0 Å². The first-order chi connectivity index (χ1) is 8.90. The molecule has 1 saturated heterocycles. The third kappa shape index (κ3) is 2.18. The summed E-state index contributed by atoms with van der Waals surface area (Å²) in [6.07, 6.45) is 3.10. The highest BCUT2D eigenvalue weighted by Crippen LogP contribution is 2.54. The number of rotatable bonds is 1. The van der Waals surface area contributed by atoms with E-state index in [0.29, 0.717) is 0 Å². The largest absolute Gasteiger partial charge is 0.344 e. The Morgan fingerprint density at radius 1 is 1.10 bits per heavy atom. The van der Waals surface area contributed by atoms with Gasteiger partial charge in [-0.05, 0) is 35.0 Å². The summed E-state index contributed by atoms with van der Waals surface area (Å²) in [6, 6.07) is 0. The number of carbonyl (C=O) groups is 2. The number of ketones is 2. The fourth-order valence-electron chi connectivity index (χ4n) is 2.81. The minimum atomic E-state index is -1.03. The van der Waals surface area contributed by atoms with Gasteiger partial charge in [0.05, 0.1) is 0 Å². The van der Waals surface area contributed by atoms with Crippen LogP contribution < -0.4 is 0 Å². The van der Waals surface area contributed by atoms with Gasteiger partial charge < -0.3 is 4.74 Å². The molecule has 0 aromatic carbocycles. The number of carbonyl (C=O) groups excluding carboxylic acids is 2. The molecule has 1 aliphatic carbocycles. The zero-order valence-electron chi connectivity index (χ0n) is 13.5. The molecule has 2 atom stereocenters. The summed E-state index contributed by atoms with van der Waals surface area (Å²) >= 11 is 0. The van der Waals surface area contributed by atoms with E-state index in [-0.39, 0.29) is 22.4 Å². The first kappa shape index (κ1) is 15.2. The molecule has 110 valence electrons. The monoisotopic (exact) mass is 276 g/mol. The Kier molecular flexibility index (Phi) is 3.14. The van der Waals surface area contributed by atoms with E-state index in [9.17, 15) is 9.59 Å². The molecule has 0 saturated carbocycles. The van der Waals surface area contributed by atoms with E-state index >= 15 is 0 Å². The molecule has 3 heteroatoms. The molecule has 1 spiro atoms. The van der Waals surface area contributed by atoms with Gasteiger partial charge in [-0.2, -0.15) is 0 Å². The fraction of sp³-hybridized carbons (Fsp3) is 0.647. The molecule has 1 fully saturated rings. The normalized spacial score (nSPS) is 30.1. The number of epoxide rings is 1. The van der Waals surface area contributed by atoms with Crippen LogP contribution in [0, 0.1) is 10.8 Å². The molecule has 1 heterocycles. The Labute approximate surface area is 121 Å². The average Bonchev–Trinajstić information content (AvgIpc) is 2.95. The van der Waals surface area contributed by atoms with Gasteiger partial charge in [0.2, 0.25) is 0 Å². The predicted octanol–water partition coefficient (Wildman–Crippen LogP) is 3.24. The van der Waals surface area contributed by atoms with Crippen molar-refractivity contribution in [3.63, 3.8) is 0 Å². The van der Waals surface area contributed by atoms with Crippen molar-refractivity contribution in [1.82, 2.24) is 0 Å². The van der Waals surface area contributed by atoms with E-state index in [4.69, 9.17) is 4.74 Å². The lowest BCUT2D eigenvalue weighted by atomic mass is 9.68. The molecule has 3 nitrogen and oxygen atoms in total. The molecule has 2 rings (SSSR count). The number of allylic oxidation sites excluding steroid dienone is 2. The number of ether oxygens (including phenoxy) is 1. The second-order valence-electron chi connectivity index (χ2n) is 7.87. The molecule has 0 aromatic rings. The second kappa shape index (κ2) is 4.14. The van der Waals surface area contributed by atoms with Crippen LogP contribution in [0.4, 0.5) is 0 Å². The Balaban J connectivity index is 2.55. The van der Waals surface area contributed by atoms with Crippen molar-refractivity contribution in [2.75, 3.05) is 0 Å². The molecule has 2 aliphatic rings. The summed E-state index contributed by atoms with van der Waals surface area (Å²) in [4.78, 5) is 24.3. The smallest absolute Gasteiger partial charge is 0.195 e. The van der Waals surface area contributed by atoms with Gasteiger partial charge in [0, 0.05) is 0 Å². The van der Waals surface area contributed by atoms with E-state index in [0.717, 1.165) is 11.1 Å². The summed E-state index contributed by atoms with van der Waals surface area (Å²) in [6.45, 7) is 13.9. The molecule has 1 aliphatic heterocycles. The molecule has 0 aromatic heterocycles. The lowest BCUT2D eigenvalue weighted by molar-refractivity contribution is -0.120. The highest BCUT2D eigenvalue weighted by atomic mass is 16.6. The molecular formula is C17H24O3. The highest BCUT2D eigenvalue weighted by molar-refractivity contribution is 6.10. The Bertz CT molecular complexity index is 538. The third-order valence-electron chi connectivity index (χ3n) is 4.01. The van der Waals surface area contributed by atoms with Crippen molar-refractivity contribution in [2.24, 2.45) is 10.8 Å². The van der Waals surface area contributed by atoms with Crippen LogP contribution in [0.1, 0.15) is 48.5 Å². The molecule has 20 heavy (non-hydrogen) atoms. The van der Waals surface area contributed by atoms with Crippen molar-refractivity contribution >= 4 is 11.6 Å². The van der Waals surface area contributed by atoms with Crippen LogP contribution in [0.2, 0.25) is 0 Å². The SMILES string of the molecule is CC(=O)[C@@H]1OC12C(=O)C=C(C(C)(C)C)C=C2C(C)(C)C. The van der Waals surface area contributed by atoms with E-state index in [2.05, 4.69) is 47.6 Å². The van der Waals surface area contributed by atoms with E-state index in [1.54, 1.807) is 6.08 Å². The summed E-state index contributed by atoms with van der Waals surface area (Å²) in [5, 5.41) is 0. The molecule has 0 amide bonds. The standard InChI is InChI=1S/C17H24O3/c1-10(18)14-17(20-14)12(16(5,6)7)8-11(9-13(17)19)15(2,3)4/h8-9,14H,1-7H3/t14-,17?/m0/s1. The minimum Gasteiger partial charge on any atom is -0.344 e. The fourth-order valence-corrected chi connectivity index (χ4v) is 2.81. The molecule has 0 bridgehead atoms. The van der Waals surface area contributed by atoms with Crippen molar-refractivity contribution in [3.8, 4) is 0 Å². The van der Waals surface area contributed by atoms with Crippen molar-refractivity contribution < 1.29 is 14.3 Å². The van der Waals surface area contributed by atoms with Gasteiger partial charge in [0.25, 0.3) is 0 Å². The van der Waals surface area contributed by atoms with E-state index in [1.807, 2.05) is 0 Å². The maximum absolute atomic E-state index is 12.6. The zero-order valence-corrected chi connectivity index (χ0v) is 13.5. The van der Waals surface area contributed by atoms with Crippen LogP contribution in [0.3, 0.4) is 0 Å². The summed E-state index contributed by atoms with van der Waals surface area (Å²) in [7, 11) is 0. The van der Waals surface area contributed by atoms with Crippen molar-refractivity contribution in [2.45, 2.75) is 60.2 Å². The van der Waals surface area contributed by atoms with Gasteiger partial charge in [-0.15, -0.1) is 0 Å². The molecular weight excluding hydrogens is 252 g/mol. The lowest BCUT2D eigenvalue weighted by Crippen LogP contribution is -2.39. The Morgan fingerprint density at radius 3 is 2.00 bits per heavy atom. The third-order valence-corrected chi connectivity index (χ3v) is 4.01. The van der Waals surface area contributed by atoms with Gasteiger partial charge in [0.1, 0.15) is 0 Å². The van der Waals surface area contributed by atoms with Crippen LogP contribution in [-0.4, -0.2) is 23.3 Å². The number of hydrogen-bond acceptors (Lipinski definition) is 3. The zero-order chi connectivity index (χ0) is 15.5. The quantitative estimate of drug-likeness (QED) is 0.691. The van der Waals surface area contributed by atoms with Gasteiger partial charge >= 0.3 is 0 Å². The summed E-state index contributed by atoms with van der Waals surface area (Å²) in [5.41, 5.74) is 0.566. The molecule has 0 N–H and O–H groups in total. The topological polar surface area (TPSA) is 46.7 Å². The first-order valence-electron chi connectivity index (χ1n) is 7.08. The van der Waals surface area contributed by atoms with Crippen LogP contribution in [0.25, 0.3) is 0 Å². The Hall–Kier alpha value is -1.22. The van der Waals surface area contributed by atoms with Gasteiger partial charge in [-0.25, -0.2) is 0 Å². The average molecular weight is 276 g/mol. The summed E-state index contributed by atoms with van der Waals surface area (Å²) < 4.78 is 5.61. The minimum absolute atomic E-state index is 0.0823. The number of hydrogen-bond donors (Lipinski definition) is 0. The van der Waals surface area contributed by atoms with Gasteiger partial charge in [-0.1, -0.05) is 47.6 Å². The Morgan fingerprint density at radius 2 is 1.65 bits per heavy atom. The van der Waals surface area contributed by atoms with Crippen LogP contribution in [-0.2, 0) is 14.3 Å². The van der Waals surface area contributed by atoms with Crippen molar-refractivity contribution in [3.05, 3.63) is 23.3 Å². The molecule has 1 unspecified atom stereocenters. The van der Waals surface area contributed by atoms with Crippen LogP contribution in [0.15, 0.2) is 23.3 Å². The maximum Gasteiger partial charge on any atom is 0.195 e.